The lowest BCUT2D eigenvalue weighted by atomic mass is 9.98. The number of rotatable bonds is 6. The second-order valence-electron chi connectivity index (χ2n) is 8.39. The van der Waals surface area contributed by atoms with Crippen molar-refractivity contribution in [1.82, 2.24) is 30.5 Å². The van der Waals surface area contributed by atoms with Gasteiger partial charge in [-0.25, -0.2) is 4.39 Å². The van der Waals surface area contributed by atoms with E-state index in [1.165, 1.54) is 5.56 Å². The topological polar surface area (TPSA) is 73.8 Å². The Kier molecular flexibility index (Phi) is 6.03. The van der Waals surface area contributed by atoms with Crippen molar-refractivity contribution in [2.75, 3.05) is 31.1 Å². The van der Waals surface area contributed by atoms with Gasteiger partial charge >= 0.3 is 0 Å². The smallest absolute Gasteiger partial charge is 0.209 e. The SMILES string of the molecule is Cc1ccnc(CN2CCN(c3cc(CC(C)C)cc(F)c3-c3nn[nH]n3)CC2)c1. The minimum atomic E-state index is -0.295. The van der Waals surface area contributed by atoms with Crippen LogP contribution in [0.2, 0.25) is 0 Å². The number of nitrogens with one attached hydrogen (secondary N) is 1. The normalized spacial score (nSPS) is 15.2. The Morgan fingerprint density at radius 1 is 1.13 bits per heavy atom. The predicted octanol–water partition coefficient (Wildman–Crippen LogP) is 3.23. The van der Waals surface area contributed by atoms with Crippen molar-refractivity contribution < 1.29 is 4.39 Å². The third-order valence-corrected chi connectivity index (χ3v) is 5.41. The number of aromatic amines is 1. The van der Waals surface area contributed by atoms with Gasteiger partial charge < -0.3 is 4.90 Å². The first-order valence-corrected chi connectivity index (χ1v) is 10.4. The number of tetrazole rings is 1. The van der Waals surface area contributed by atoms with Crippen molar-refractivity contribution in [3.63, 3.8) is 0 Å². The number of aryl methyl sites for hydroxylation is 1. The lowest BCUT2D eigenvalue weighted by Gasteiger charge is -2.37. The van der Waals surface area contributed by atoms with Gasteiger partial charge in [-0.2, -0.15) is 5.21 Å². The minimum Gasteiger partial charge on any atom is -0.368 e. The van der Waals surface area contributed by atoms with Crippen molar-refractivity contribution in [2.24, 2.45) is 5.92 Å². The molecular weight excluding hydrogens is 381 g/mol. The molecule has 0 spiro atoms. The zero-order valence-electron chi connectivity index (χ0n) is 17.8. The number of hydrogen-bond donors (Lipinski definition) is 1. The molecule has 0 aliphatic carbocycles. The molecule has 0 bridgehead atoms. The monoisotopic (exact) mass is 409 g/mol. The third-order valence-electron chi connectivity index (χ3n) is 5.41. The van der Waals surface area contributed by atoms with E-state index in [4.69, 9.17) is 0 Å². The van der Waals surface area contributed by atoms with E-state index in [1.54, 1.807) is 6.07 Å². The Bertz CT molecular complexity index is 979. The van der Waals surface area contributed by atoms with Crippen LogP contribution < -0.4 is 4.90 Å². The number of nitrogens with zero attached hydrogens (tertiary/aromatic N) is 6. The van der Waals surface area contributed by atoms with Crippen LogP contribution in [0.1, 0.15) is 30.7 Å². The lowest BCUT2D eigenvalue weighted by Crippen LogP contribution is -2.46. The van der Waals surface area contributed by atoms with Crippen molar-refractivity contribution in [1.29, 1.82) is 0 Å². The van der Waals surface area contributed by atoms with Gasteiger partial charge in [-0.1, -0.05) is 13.8 Å². The maximum absolute atomic E-state index is 15.1. The first-order chi connectivity index (χ1) is 14.5. The Balaban J connectivity index is 1.55. The molecule has 1 fully saturated rings. The molecule has 1 saturated heterocycles. The quantitative estimate of drug-likeness (QED) is 0.674. The van der Waals surface area contributed by atoms with Crippen LogP contribution in [0.15, 0.2) is 30.5 Å². The standard InChI is InChI=1S/C22H28FN7/c1-15(2)10-17-12-19(23)21(22-25-27-28-26-22)20(13-17)30-8-6-29(7-9-30)14-18-11-16(3)4-5-24-18/h4-5,11-13,15H,6-10,14H2,1-3H3,(H,25,26,27,28). The summed E-state index contributed by atoms with van der Waals surface area (Å²) < 4.78 is 15.1. The van der Waals surface area contributed by atoms with Gasteiger partial charge in [-0.05, 0) is 59.9 Å². The third kappa shape index (κ3) is 4.64. The molecular formula is C22H28FN7. The van der Waals surface area contributed by atoms with Gasteiger partial charge in [0.2, 0.25) is 5.82 Å². The van der Waals surface area contributed by atoms with Crippen LogP contribution in [0.4, 0.5) is 10.1 Å². The fraction of sp³-hybridized carbons (Fsp3) is 0.455. The highest BCUT2D eigenvalue weighted by Crippen LogP contribution is 2.34. The van der Waals surface area contributed by atoms with Crippen LogP contribution in [-0.2, 0) is 13.0 Å². The summed E-state index contributed by atoms with van der Waals surface area (Å²) in [5.74, 6) is 0.452. The van der Waals surface area contributed by atoms with Crippen molar-refractivity contribution >= 4 is 5.69 Å². The molecule has 1 aliphatic rings. The number of aromatic nitrogens is 5. The van der Waals surface area contributed by atoms with Gasteiger partial charge in [-0.15, -0.1) is 10.2 Å². The number of halogens is 1. The molecule has 0 amide bonds. The summed E-state index contributed by atoms with van der Waals surface area (Å²) in [5.41, 5.74) is 4.57. The predicted molar refractivity (Wildman–Crippen MR) is 115 cm³/mol. The largest absolute Gasteiger partial charge is 0.368 e. The molecule has 4 rings (SSSR count). The molecule has 8 heteroatoms. The van der Waals surface area contributed by atoms with E-state index in [9.17, 15) is 0 Å². The van der Waals surface area contributed by atoms with Gasteiger partial charge in [0.05, 0.1) is 16.9 Å². The van der Waals surface area contributed by atoms with Crippen LogP contribution in [-0.4, -0.2) is 56.7 Å². The molecule has 1 aromatic carbocycles. The second kappa shape index (κ2) is 8.87. The highest BCUT2D eigenvalue weighted by atomic mass is 19.1. The Morgan fingerprint density at radius 3 is 2.60 bits per heavy atom. The number of anilines is 1. The van der Waals surface area contributed by atoms with Crippen LogP contribution in [0.25, 0.3) is 11.4 Å². The fourth-order valence-electron chi connectivity index (χ4n) is 4.04. The average molecular weight is 410 g/mol. The molecule has 3 aromatic rings. The molecule has 158 valence electrons. The van der Waals surface area contributed by atoms with Crippen LogP contribution in [0.3, 0.4) is 0 Å². The molecule has 30 heavy (non-hydrogen) atoms. The van der Waals surface area contributed by atoms with E-state index in [-0.39, 0.29) is 5.82 Å². The Labute approximate surface area is 176 Å². The first-order valence-electron chi connectivity index (χ1n) is 10.4. The van der Waals surface area contributed by atoms with Crippen molar-refractivity contribution in [2.45, 2.75) is 33.7 Å². The van der Waals surface area contributed by atoms with Gasteiger partial charge in [-0.3, -0.25) is 9.88 Å². The summed E-state index contributed by atoms with van der Waals surface area (Å²) in [7, 11) is 0. The van der Waals surface area contributed by atoms with Crippen LogP contribution >= 0.6 is 0 Å². The molecule has 0 unspecified atom stereocenters. The first kappa shape index (κ1) is 20.4. The second-order valence-corrected chi connectivity index (χ2v) is 8.39. The maximum atomic E-state index is 15.1. The van der Waals surface area contributed by atoms with Gasteiger partial charge in [0, 0.05) is 38.9 Å². The molecule has 0 radical (unpaired) electrons. The van der Waals surface area contributed by atoms with E-state index < -0.39 is 0 Å². The van der Waals surface area contributed by atoms with Crippen molar-refractivity contribution in [3.05, 3.63) is 53.1 Å². The summed E-state index contributed by atoms with van der Waals surface area (Å²) in [6, 6.07) is 7.84. The van der Waals surface area contributed by atoms with Gasteiger partial charge in [0.15, 0.2) is 0 Å². The fourth-order valence-corrected chi connectivity index (χ4v) is 4.04. The van der Waals surface area contributed by atoms with E-state index >= 15 is 4.39 Å². The van der Waals surface area contributed by atoms with Crippen LogP contribution in [0, 0.1) is 18.7 Å². The van der Waals surface area contributed by atoms with E-state index in [1.807, 2.05) is 12.3 Å². The summed E-state index contributed by atoms with van der Waals surface area (Å²) in [5, 5.41) is 14.1. The van der Waals surface area contributed by atoms with Crippen molar-refractivity contribution in [3.8, 4) is 11.4 Å². The summed E-state index contributed by atoms with van der Waals surface area (Å²) >= 11 is 0. The minimum absolute atomic E-state index is 0.295. The maximum Gasteiger partial charge on any atom is 0.209 e. The summed E-state index contributed by atoms with van der Waals surface area (Å²) in [6.07, 6.45) is 2.69. The molecule has 0 saturated carbocycles. The Hall–Kier alpha value is -2.87. The molecule has 7 nitrogen and oxygen atoms in total. The van der Waals surface area contributed by atoms with E-state index in [0.29, 0.717) is 17.3 Å². The number of piperazine rings is 1. The lowest BCUT2D eigenvalue weighted by molar-refractivity contribution is 0.247. The van der Waals surface area contributed by atoms with E-state index in [2.05, 4.69) is 68.3 Å². The zero-order valence-corrected chi connectivity index (χ0v) is 17.8. The zero-order chi connectivity index (χ0) is 21.1. The number of pyridine rings is 1. The molecule has 1 N–H and O–H groups in total. The van der Waals surface area contributed by atoms with Gasteiger partial charge in [0.25, 0.3) is 0 Å². The number of hydrogen-bond acceptors (Lipinski definition) is 6. The molecule has 3 heterocycles. The highest BCUT2D eigenvalue weighted by molar-refractivity contribution is 5.75. The molecule has 1 aliphatic heterocycles. The number of H-pyrrole nitrogens is 1. The van der Waals surface area contributed by atoms with Gasteiger partial charge in [0.1, 0.15) is 5.82 Å². The highest BCUT2D eigenvalue weighted by Gasteiger charge is 2.24. The van der Waals surface area contributed by atoms with Crippen LogP contribution in [0.5, 0.6) is 0 Å². The molecule has 2 aromatic heterocycles. The summed E-state index contributed by atoms with van der Waals surface area (Å²) in [4.78, 5) is 9.10. The number of benzene rings is 1. The van der Waals surface area contributed by atoms with E-state index in [0.717, 1.165) is 56.1 Å². The Morgan fingerprint density at radius 2 is 1.93 bits per heavy atom. The molecule has 0 atom stereocenters. The summed E-state index contributed by atoms with van der Waals surface area (Å²) in [6.45, 7) is 10.6. The average Bonchev–Trinajstić information content (AvgIpc) is 3.22.